The van der Waals surface area contributed by atoms with Crippen LogP contribution >= 0.6 is 27.3 Å². The van der Waals surface area contributed by atoms with E-state index in [1.807, 2.05) is 56.5 Å². The standard InChI is InChI=1S/C17H21BrN2O2S/c1-11(15-12(18)9-10-23-15)19-13-7-5-6-8-14(13)20-16(21)22-17(2,3)4/h5-11,19H,1-4H3,(H,20,21). The van der Waals surface area contributed by atoms with Gasteiger partial charge >= 0.3 is 6.09 Å². The zero-order chi connectivity index (χ0) is 17.0. The summed E-state index contributed by atoms with van der Waals surface area (Å²) in [5.41, 5.74) is 1.02. The van der Waals surface area contributed by atoms with Gasteiger partial charge in [-0.3, -0.25) is 5.32 Å². The van der Waals surface area contributed by atoms with Crippen LogP contribution in [0.2, 0.25) is 0 Å². The van der Waals surface area contributed by atoms with Gasteiger partial charge in [-0.25, -0.2) is 4.79 Å². The van der Waals surface area contributed by atoms with Crippen LogP contribution in [-0.2, 0) is 4.74 Å². The summed E-state index contributed by atoms with van der Waals surface area (Å²) in [6.07, 6.45) is -0.461. The third kappa shape index (κ3) is 5.25. The molecule has 0 radical (unpaired) electrons. The number of benzene rings is 1. The highest BCUT2D eigenvalue weighted by atomic mass is 79.9. The van der Waals surface area contributed by atoms with Gasteiger partial charge < -0.3 is 10.1 Å². The van der Waals surface area contributed by atoms with Gasteiger partial charge in [0.05, 0.1) is 17.4 Å². The van der Waals surface area contributed by atoms with Crippen LogP contribution in [0.3, 0.4) is 0 Å². The lowest BCUT2D eigenvalue weighted by molar-refractivity contribution is 0.0636. The second-order valence-electron chi connectivity index (χ2n) is 6.17. The average molecular weight is 397 g/mol. The fraction of sp³-hybridized carbons (Fsp3) is 0.353. The number of halogens is 1. The molecule has 1 atom stereocenters. The summed E-state index contributed by atoms with van der Waals surface area (Å²) in [4.78, 5) is 13.2. The normalized spacial score (nSPS) is 12.6. The van der Waals surface area contributed by atoms with Gasteiger partial charge in [0.15, 0.2) is 0 Å². The molecule has 0 saturated heterocycles. The molecule has 0 aliphatic rings. The van der Waals surface area contributed by atoms with Crippen molar-refractivity contribution in [2.75, 3.05) is 10.6 Å². The first-order chi connectivity index (χ1) is 10.8. The number of para-hydroxylation sites is 2. The predicted molar refractivity (Wildman–Crippen MR) is 100 cm³/mol. The van der Waals surface area contributed by atoms with Crippen LogP contribution in [0, 0.1) is 0 Å². The Morgan fingerprint density at radius 2 is 1.87 bits per heavy atom. The van der Waals surface area contributed by atoms with Gasteiger partial charge in [-0.15, -0.1) is 11.3 Å². The first-order valence-electron chi connectivity index (χ1n) is 7.35. The lowest BCUT2D eigenvalue weighted by Crippen LogP contribution is -2.27. The number of carbonyl (C=O) groups is 1. The van der Waals surface area contributed by atoms with Crippen LogP contribution in [0.5, 0.6) is 0 Å². The van der Waals surface area contributed by atoms with Crippen LogP contribution in [0.4, 0.5) is 16.2 Å². The fourth-order valence-corrected chi connectivity index (χ4v) is 3.77. The summed E-state index contributed by atoms with van der Waals surface area (Å²) in [7, 11) is 0. The molecular weight excluding hydrogens is 376 g/mol. The summed E-state index contributed by atoms with van der Waals surface area (Å²) in [5, 5.41) is 8.28. The van der Waals surface area contributed by atoms with E-state index in [1.54, 1.807) is 11.3 Å². The molecule has 4 nitrogen and oxygen atoms in total. The molecule has 1 unspecified atom stereocenters. The molecule has 0 aliphatic carbocycles. The minimum atomic E-state index is -0.526. The van der Waals surface area contributed by atoms with E-state index in [4.69, 9.17) is 4.74 Å². The van der Waals surface area contributed by atoms with Crippen molar-refractivity contribution < 1.29 is 9.53 Å². The van der Waals surface area contributed by atoms with E-state index < -0.39 is 11.7 Å². The summed E-state index contributed by atoms with van der Waals surface area (Å²) in [5.74, 6) is 0. The monoisotopic (exact) mass is 396 g/mol. The van der Waals surface area contributed by atoms with Crippen molar-refractivity contribution in [1.82, 2.24) is 0 Å². The van der Waals surface area contributed by atoms with E-state index in [9.17, 15) is 4.79 Å². The van der Waals surface area contributed by atoms with Crippen molar-refractivity contribution in [2.24, 2.45) is 0 Å². The predicted octanol–water partition coefficient (Wildman–Crippen LogP) is 6.03. The first-order valence-corrected chi connectivity index (χ1v) is 9.02. The van der Waals surface area contributed by atoms with Gasteiger partial charge in [0, 0.05) is 9.35 Å². The number of anilines is 2. The third-order valence-electron chi connectivity index (χ3n) is 2.97. The molecule has 1 aromatic heterocycles. The van der Waals surface area contributed by atoms with E-state index in [2.05, 4.69) is 33.5 Å². The summed E-state index contributed by atoms with van der Waals surface area (Å²) < 4.78 is 6.39. The number of rotatable bonds is 4. The number of amides is 1. The fourth-order valence-electron chi connectivity index (χ4n) is 2.04. The molecule has 0 aliphatic heterocycles. The minimum Gasteiger partial charge on any atom is -0.444 e. The lowest BCUT2D eigenvalue weighted by atomic mass is 10.2. The zero-order valence-electron chi connectivity index (χ0n) is 13.6. The van der Waals surface area contributed by atoms with Crippen molar-refractivity contribution in [3.05, 3.63) is 45.1 Å². The molecular formula is C17H21BrN2O2S. The van der Waals surface area contributed by atoms with Crippen LogP contribution in [0.15, 0.2) is 40.2 Å². The van der Waals surface area contributed by atoms with E-state index in [1.165, 1.54) is 4.88 Å². The van der Waals surface area contributed by atoms with Gasteiger partial charge in [-0.1, -0.05) is 12.1 Å². The maximum Gasteiger partial charge on any atom is 0.412 e. The summed E-state index contributed by atoms with van der Waals surface area (Å²) in [6.45, 7) is 7.61. The van der Waals surface area contributed by atoms with Gasteiger partial charge in [0.25, 0.3) is 0 Å². The van der Waals surface area contributed by atoms with Crippen molar-refractivity contribution in [1.29, 1.82) is 0 Å². The topological polar surface area (TPSA) is 50.4 Å². The molecule has 1 aromatic carbocycles. The van der Waals surface area contributed by atoms with Crippen molar-refractivity contribution >= 4 is 44.7 Å². The molecule has 0 fully saturated rings. The van der Waals surface area contributed by atoms with Gasteiger partial charge in [-0.05, 0) is 67.2 Å². The average Bonchev–Trinajstić information content (AvgIpc) is 2.85. The van der Waals surface area contributed by atoms with Crippen molar-refractivity contribution in [3.63, 3.8) is 0 Å². The Balaban J connectivity index is 2.11. The molecule has 1 amide bonds. The van der Waals surface area contributed by atoms with Crippen LogP contribution in [0.1, 0.15) is 38.6 Å². The number of ether oxygens (including phenoxy) is 1. The number of carbonyl (C=O) groups excluding carboxylic acids is 1. The molecule has 0 saturated carbocycles. The Bertz CT molecular complexity index is 679. The number of hydrogen-bond donors (Lipinski definition) is 2. The summed E-state index contributed by atoms with van der Waals surface area (Å²) in [6, 6.07) is 9.74. The first kappa shape index (κ1) is 17.8. The van der Waals surface area contributed by atoms with E-state index >= 15 is 0 Å². The summed E-state index contributed by atoms with van der Waals surface area (Å²) >= 11 is 5.24. The molecule has 23 heavy (non-hydrogen) atoms. The Labute approximate surface area is 149 Å². The minimum absolute atomic E-state index is 0.117. The van der Waals surface area contributed by atoms with Crippen LogP contribution in [0.25, 0.3) is 0 Å². The Hall–Kier alpha value is -1.53. The molecule has 124 valence electrons. The molecule has 6 heteroatoms. The Morgan fingerprint density at radius 3 is 2.43 bits per heavy atom. The van der Waals surface area contributed by atoms with Gasteiger partial charge in [0.1, 0.15) is 5.60 Å². The highest BCUT2D eigenvalue weighted by Gasteiger charge is 2.18. The van der Waals surface area contributed by atoms with Crippen LogP contribution in [-0.4, -0.2) is 11.7 Å². The molecule has 0 bridgehead atoms. The highest BCUT2D eigenvalue weighted by molar-refractivity contribution is 9.10. The third-order valence-corrected chi connectivity index (χ3v) is 5.03. The largest absolute Gasteiger partial charge is 0.444 e. The lowest BCUT2D eigenvalue weighted by Gasteiger charge is -2.21. The molecule has 0 spiro atoms. The van der Waals surface area contributed by atoms with Crippen LogP contribution < -0.4 is 10.6 Å². The van der Waals surface area contributed by atoms with E-state index in [0.29, 0.717) is 5.69 Å². The maximum absolute atomic E-state index is 12.0. The number of thiophene rings is 1. The van der Waals surface area contributed by atoms with Gasteiger partial charge in [0.2, 0.25) is 0 Å². The second kappa shape index (κ2) is 7.36. The van der Waals surface area contributed by atoms with Crippen molar-refractivity contribution in [3.8, 4) is 0 Å². The number of hydrogen-bond acceptors (Lipinski definition) is 4. The Kier molecular flexibility index (Phi) is 5.70. The highest BCUT2D eigenvalue weighted by Crippen LogP contribution is 2.33. The molecule has 2 rings (SSSR count). The SMILES string of the molecule is CC(Nc1ccccc1NC(=O)OC(C)(C)C)c1sccc1Br. The zero-order valence-corrected chi connectivity index (χ0v) is 16.0. The second-order valence-corrected chi connectivity index (χ2v) is 7.97. The van der Waals surface area contributed by atoms with E-state index in [0.717, 1.165) is 10.2 Å². The molecule has 2 N–H and O–H groups in total. The van der Waals surface area contributed by atoms with Gasteiger partial charge in [-0.2, -0.15) is 0 Å². The Morgan fingerprint density at radius 1 is 1.22 bits per heavy atom. The molecule has 2 aromatic rings. The van der Waals surface area contributed by atoms with E-state index in [-0.39, 0.29) is 6.04 Å². The molecule has 1 heterocycles. The maximum atomic E-state index is 12.0. The quantitative estimate of drug-likeness (QED) is 0.662. The van der Waals surface area contributed by atoms with Crippen molar-refractivity contribution in [2.45, 2.75) is 39.3 Å². The number of nitrogens with one attached hydrogen (secondary N) is 2. The smallest absolute Gasteiger partial charge is 0.412 e.